The number of benzene rings is 1. The van der Waals surface area contributed by atoms with E-state index in [-0.39, 0.29) is 34.0 Å². The lowest BCUT2D eigenvalue weighted by Crippen LogP contribution is -2.38. The van der Waals surface area contributed by atoms with Gasteiger partial charge in [-0.15, -0.1) is 10.2 Å². The fourth-order valence-electron chi connectivity index (χ4n) is 2.94. The molecule has 1 aliphatic heterocycles. The van der Waals surface area contributed by atoms with E-state index in [0.717, 1.165) is 0 Å². The molecule has 8 nitrogen and oxygen atoms in total. The first-order valence-corrected chi connectivity index (χ1v) is 8.81. The van der Waals surface area contributed by atoms with Crippen LogP contribution in [0, 0.1) is 10.1 Å². The number of hydrogen-bond acceptors (Lipinski definition) is 6. The first kappa shape index (κ1) is 18.3. The van der Waals surface area contributed by atoms with Crippen molar-refractivity contribution in [1.29, 1.82) is 0 Å². The molecular formula is C17H19ClN4O4. The van der Waals surface area contributed by atoms with Gasteiger partial charge in [-0.05, 0) is 25.0 Å². The molecule has 1 saturated heterocycles. The van der Waals surface area contributed by atoms with Crippen LogP contribution in [0.5, 0.6) is 0 Å². The van der Waals surface area contributed by atoms with E-state index in [0.29, 0.717) is 37.7 Å². The first-order chi connectivity index (χ1) is 12.4. The molecule has 0 aliphatic carbocycles. The van der Waals surface area contributed by atoms with Crippen LogP contribution in [0.3, 0.4) is 0 Å². The zero-order valence-corrected chi connectivity index (χ0v) is 15.3. The van der Waals surface area contributed by atoms with Gasteiger partial charge in [-0.2, -0.15) is 0 Å². The van der Waals surface area contributed by atoms with Gasteiger partial charge in [-0.25, -0.2) is 0 Å². The van der Waals surface area contributed by atoms with Crippen molar-refractivity contribution < 1.29 is 14.1 Å². The topological polar surface area (TPSA) is 102 Å². The van der Waals surface area contributed by atoms with Crippen LogP contribution in [0.2, 0.25) is 5.02 Å². The maximum Gasteiger partial charge on any atom is 0.288 e. The maximum absolute atomic E-state index is 12.6. The third-order valence-corrected chi connectivity index (χ3v) is 4.79. The van der Waals surface area contributed by atoms with Crippen LogP contribution in [0.25, 0.3) is 0 Å². The molecule has 9 heteroatoms. The second kappa shape index (κ2) is 7.41. The molecule has 0 bridgehead atoms. The summed E-state index contributed by atoms with van der Waals surface area (Å²) in [6, 6.07) is 4.12. The molecule has 26 heavy (non-hydrogen) atoms. The molecule has 3 rings (SSSR count). The number of nitro groups is 1. The van der Waals surface area contributed by atoms with E-state index in [2.05, 4.69) is 10.2 Å². The number of carbonyl (C=O) groups is 1. The minimum Gasteiger partial charge on any atom is -0.425 e. The fraction of sp³-hybridized carbons (Fsp3) is 0.471. The lowest BCUT2D eigenvalue weighted by Gasteiger charge is -2.30. The van der Waals surface area contributed by atoms with E-state index < -0.39 is 4.92 Å². The summed E-state index contributed by atoms with van der Waals surface area (Å²) in [6.07, 6.45) is 1.42. The Morgan fingerprint density at radius 1 is 1.35 bits per heavy atom. The van der Waals surface area contributed by atoms with Crippen molar-refractivity contribution in [3.05, 3.63) is 50.7 Å². The molecule has 0 unspecified atom stereocenters. The molecule has 0 atom stereocenters. The number of aromatic nitrogens is 2. The summed E-state index contributed by atoms with van der Waals surface area (Å²) in [5, 5.41) is 19.2. The highest BCUT2D eigenvalue weighted by Gasteiger charge is 2.29. The fourth-order valence-corrected chi connectivity index (χ4v) is 3.13. The second-order valence-electron chi connectivity index (χ2n) is 6.62. The molecule has 1 aromatic heterocycles. The van der Waals surface area contributed by atoms with Crippen molar-refractivity contribution >= 4 is 23.2 Å². The average molecular weight is 379 g/mol. The molecule has 1 amide bonds. The van der Waals surface area contributed by atoms with Gasteiger partial charge in [-0.3, -0.25) is 14.9 Å². The standard InChI is InChI=1S/C17H19ClN4O4/c1-10(2)15-19-20-16(26-15)11-5-7-21(8-6-11)17(23)12-3-4-13(18)14(9-12)22(24)25/h3-4,9-11H,5-8H2,1-2H3. The molecule has 0 saturated carbocycles. The molecule has 0 radical (unpaired) electrons. The van der Waals surface area contributed by atoms with Crippen LogP contribution in [0.1, 0.15) is 60.7 Å². The molecule has 2 aromatic rings. The predicted molar refractivity (Wildman–Crippen MR) is 94.4 cm³/mol. The molecule has 2 heterocycles. The van der Waals surface area contributed by atoms with Gasteiger partial charge in [-0.1, -0.05) is 25.4 Å². The lowest BCUT2D eigenvalue weighted by molar-refractivity contribution is -0.384. The van der Waals surface area contributed by atoms with E-state index in [1.165, 1.54) is 18.2 Å². The van der Waals surface area contributed by atoms with Crippen molar-refractivity contribution in [3.63, 3.8) is 0 Å². The Morgan fingerprint density at radius 2 is 2.04 bits per heavy atom. The van der Waals surface area contributed by atoms with Gasteiger partial charge in [0.05, 0.1) is 4.92 Å². The van der Waals surface area contributed by atoms with Crippen LogP contribution in [0.4, 0.5) is 5.69 Å². The van der Waals surface area contributed by atoms with Crippen LogP contribution in [0.15, 0.2) is 22.6 Å². The molecule has 1 aromatic carbocycles. The summed E-state index contributed by atoms with van der Waals surface area (Å²) in [5.41, 5.74) is -0.00101. The van der Waals surface area contributed by atoms with Gasteiger partial charge in [0.2, 0.25) is 11.8 Å². The predicted octanol–water partition coefficient (Wildman–Crippen LogP) is 3.77. The highest BCUT2D eigenvalue weighted by atomic mass is 35.5. The van der Waals surface area contributed by atoms with Crippen molar-refractivity contribution in [2.24, 2.45) is 0 Å². The quantitative estimate of drug-likeness (QED) is 0.592. The molecule has 0 spiro atoms. The summed E-state index contributed by atoms with van der Waals surface area (Å²) in [6.45, 7) is 5.03. The lowest BCUT2D eigenvalue weighted by atomic mass is 9.96. The molecule has 1 fully saturated rings. The van der Waals surface area contributed by atoms with Crippen LogP contribution >= 0.6 is 11.6 Å². The number of likely N-dealkylation sites (tertiary alicyclic amines) is 1. The zero-order chi connectivity index (χ0) is 18.8. The van der Waals surface area contributed by atoms with Crippen molar-refractivity contribution in [1.82, 2.24) is 15.1 Å². The minimum absolute atomic E-state index is 0.0163. The minimum atomic E-state index is -0.590. The Labute approximate surface area is 155 Å². The number of rotatable bonds is 4. The number of piperidine rings is 1. The number of nitrogens with zero attached hydrogens (tertiary/aromatic N) is 4. The van der Waals surface area contributed by atoms with Gasteiger partial charge in [0.1, 0.15) is 5.02 Å². The molecular weight excluding hydrogens is 360 g/mol. The van der Waals surface area contributed by atoms with Gasteiger partial charge < -0.3 is 9.32 Å². The highest BCUT2D eigenvalue weighted by Crippen LogP contribution is 2.30. The van der Waals surface area contributed by atoms with E-state index in [1.807, 2.05) is 13.8 Å². The van der Waals surface area contributed by atoms with Gasteiger partial charge in [0.15, 0.2) is 0 Å². The summed E-state index contributed by atoms with van der Waals surface area (Å²) in [7, 11) is 0. The third kappa shape index (κ3) is 3.70. The van der Waals surface area contributed by atoms with Crippen LogP contribution in [-0.4, -0.2) is 39.0 Å². The Hall–Kier alpha value is -2.48. The maximum atomic E-state index is 12.6. The summed E-state index contributed by atoms with van der Waals surface area (Å²) < 4.78 is 5.70. The smallest absolute Gasteiger partial charge is 0.288 e. The normalized spacial score (nSPS) is 15.5. The largest absolute Gasteiger partial charge is 0.425 e. The van der Waals surface area contributed by atoms with E-state index in [4.69, 9.17) is 16.0 Å². The Kier molecular flexibility index (Phi) is 5.22. The number of nitro benzene ring substituents is 1. The third-order valence-electron chi connectivity index (χ3n) is 4.47. The van der Waals surface area contributed by atoms with Crippen molar-refractivity contribution in [3.8, 4) is 0 Å². The van der Waals surface area contributed by atoms with E-state index in [1.54, 1.807) is 4.90 Å². The van der Waals surface area contributed by atoms with Crippen molar-refractivity contribution in [2.75, 3.05) is 13.1 Å². The SMILES string of the molecule is CC(C)c1nnc(C2CCN(C(=O)c3ccc(Cl)c([N+](=O)[O-])c3)CC2)o1. The Balaban J connectivity index is 1.66. The number of amides is 1. The Bertz CT molecular complexity index is 828. The zero-order valence-electron chi connectivity index (χ0n) is 14.5. The highest BCUT2D eigenvalue weighted by molar-refractivity contribution is 6.32. The number of halogens is 1. The van der Waals surface area contributed by atoms with Crippen LogP contribution < -0.4 is 0 Å². The van der Waals surface area contributed by atoms with E-state index >= 15 is 0 Å². The van der Waals surface area contributed by atoms with Gasteiger partial charge in [0, 0.05) is 36.6 Å². The summed E-state index contributed by atoms with van der Waals surface area (Å²) in [4.78, 5) is 24.7. The number of carbonyl (C=O) groups excluding carboxylic acids is 1. The number of hydrogen-bond donors (Lipinski definition) is 0. The molecule has 0 N–H and O–H groups in total. The van der Waals surface area contributed by atoms with E-state index in [9.17, 15) is 14.9 Å². The van der Waals surface area contributed by atoms with Gasteiger partial charge in [0.25, 0.3) is 11.6 Å². The Morgan fingerprint density at radius 3 is 2.62 bits per heavy atom. The molecule has 1 aliphatic rings. The van der Waals surface area contributed by atoms with Crippen molar-refractivity contribution in [2.45, 2.75) is 38.5 Å². The second-order valence-corrected chi connectivity index (χ2v) is 7.03. The van der Waals surface area contributed by atoms with Gasteiger partial charge >= 0.3 is 0 Å². The summed E-state index contributed by atoms with van der Waals surface area (Å²) in [5.74, 6) is 1.30. The average Bonchev–Trinajstić information content (AvgIpc) is 3.12. The van der Waals surface area contributed by atoms with Crippen LogP contribution in [-0.2, 0) is 0 Å². The summed E-state index contributed by atoms with van der Waals surface area (Å²) >= 11 is 5.80. The molecule has 138 valence electrons. The monoisotopic (exact) mass is 378 g/mol. The first-order valence-electron chi connectivity index (χ1n) is 8.43.